The Balaban J connectivity index is 1.73. The number of benzene rings is 3. The first-order valence-corrected chi connectivity index (χ1v) is 9.08. The Labute approximate surface area is 173 Å². The Hall–Kier alpha value is -3.51. The van der Waals surface area contributed by atoms with Gasteiger partial charge in [-0.15, -0.1) is 0 Å². The standard InChI is InChI=1S/C22H19ClN2O4/c1-28-17-10-15(11-18(13-17)29-2)22(27)24-16-8-9-20(19(23)12-16)25-21(26)14-6-4-3-5-7-14/h3-13H,1-2H3,(H,24,27)(H,25,26). The van der Waals surface area contributed by atoms with E-state index in [1.807, 2.05) is 6.07 Å². The number of amides is 2. The molecule has 0 saturated carbocycles. The lowest BCUT2D eigenvalue weighted by Gasteiger charge is -2.11. The summed E-state index contributed by atoms with van der Waals surface area (Å²) in [6.45, 7) is 0. The lowest BCUT2D eigenvalue weighted by Crippen LogP contribution is -2.14. The molecule has 0 radical (unpaired) electrons. The molecule has 3 aromatic rings. The second-order valence-corrected chi connectivity index (χ2v) is 6.48. The van der Waals surface area contributed by atoms with Crippen molar-refractivity contribution in [3.63, 3.8) is 0 Å². The molecule has 0 atom stereocenters. The van der Waals surface area contributed by atoms with E-state index in [-0.39, 0.29) is 11.8 Å². The van der Waals surface area contributed by atoms with Crippen molar-refractivity contribution in [3.8, 4) is 11.5 Å². The molecule has 2 amide bonds. The molecule has 0 bridgehead atoms. The highest BCUT2D eigenvalue weighted by atomic mass is 35.5. The summed E-state index contributed by atoms with van der Waals surface area (Å²) in [4.78, 5) is 24.8. The third-order valence-corrected chi connectivity index (χ3v) is 4.44. The summed E-state index contributed by atoms with van der Waals surface area (Å²) < 4.78 is 10.4. The van der Waals surface area contributed by atoms with Gasteiger partial charge in [-0.3, -0.25) is 9.59 Å². The zero-order valence-electron chi connectivity index (χ0n) is 15.9. The number of nitrogens with one attached hydrogen (secondary N) is 2. The van der Waals surface area contributed by atoms with Crippen LogP contribution in [0.4, 0.5) is 11.4 Å². The van der Waals surface area contributed by atoms with Gasteiger partial charge < -0.3 is 20.1 Å². The summed E-state index contributed by atoms with van der Waals surface area (Å²) in [5.41, 5.74) is 1.83. The van der Waals surface area contributed by atoms with Crippen LogP contribution in [0, 0.1) is 0 Å². The molecule has 3 aromatic carbocycles. The van der Waals surface area contributed by atoms with Gasteiger partial charge in [0.15, 0.2) is 0 Å². The van der Waals surface area contributed by atoms with Crippen molar-refractivity contribution < 1.29 is 19.1 Å². The van der Waals surface area contributed by atoms with E-state index in [9.17, 15) is 9.59 Å². The number of anilines is 2. The topological polar surface area (TPSA) is 76.7 Å². The average Bonchev–Trinajstić information content (AvgIpc) is 2.75. The lowest BCUT2D eigenvalue weighted by molar-refractivity contribution is 0.101. The van der Waals surface area contributed by atoms with Gasteiger partial charge in [0.25, 0.3) is 11.8 Å². The molecule has 0 saturated heterocycles. The fourth-order valence-electron chi connectivity index (χ4n) is 2.62. The van der Waals surface area contributed by atoms with E-state index < -0.39 is 0 Å². The van der Waals surface area contributed by atoms with E-state index in [4.69, 9.17) is 21.1 Å². The SMILES string of the molecule is COc1cc(OC)cc(C(=O)Nc2ccc(NC(=O)c3ccccc3)c(Cl)c2)c1. The molecule has 29 heavy (non-hydrogen) atoms. The fourth-order valence-corrected chi connectivity index (χ4v) is 2.85. The maximum absolute atomic E-state index is 12.6. The third kappa shape index (κ3) is 5.06. The van der Waals surface area contributed by atoms with Gasteiger partial charge in [0, 0.05) is 22.9 Å². The smallest absolute Gasteiger partial charge is 0.255 e. The molecule has 0 fully saturated rings. The molecule has 3 rings (SSSR count). The highest BCUT2D eigenvalue weighted by molar-refractivity contribution is 6.34. The Morgan fingerprint density at radius 3 is 1.97 bits per heavy atom. The minimum atomic E-state index is -0.348. The predicted octanol–water partition coefficient (Wildman–Crippen LogP) is 4.86. The maximum Gasteiger partial charge on any atom is 0.255 e. The predicted molar refractivity (Wildman–Crippen MR) is 113 cm³/mol. The van der Waals surface area contributed by atoms with Gasteiger partial charge in [-0.2, -0.15) is 0 Å². The van der Waals surface area contributed by atoms with Crippen molar-refractivity contribution in [1.29, 1.82) is 0 Å². The molecule has 0 unspecified atom stereocenters. The first-order valence-electron chi connectivity index (χ1n) is 8.70. The van der Waals surface area contributed by atoms with Crippen molar-refractivity contribution in [1.82, 2.24) is 0 Å². The average molecular weight is 411 g/mol. The molecular formula is C22H19ClN2O4. The van der Waals surface area contributed by atoms with Crippen molar-refractivity contribution in [2.75, 3.05) is 24.9 Å². The molecule has 148 valence electrons. The first kappa shape index (κ1) is 20.2. The van der Waals surface area contributed by atoms with Crippen LogP contribution < -0.4 is 20.1 Å². The summed E-state index contributed by atoms with van der Waals surface area (Å²) >= 11 is 6.28. The van der Waals surface area contributed by atoms with Crippen LogP contribution in [0.3, 0.4) is 0 Å². The van der Waals surface area contributed by atoms with Crippen molar-refractivity contribution in [2.45, 2.75) is 0 Å². The number of carbonyl (C=O) groups is 2. The van der Waals surface area contributed by atoms with Gasteiger partial charge in [0.05, 0.1) is 24.9 Å². The largest absolute Gasteiger partial charge is 0.497 e. The van der Waals surface area contributed by atoms with Crippen LogP contribution in [0.1, 0.15) is 20.7 Å². The second kappa shape index (κ2) is 9.12. The third-order valence-electron chi connectivity index (χ3n) is 4.12. The Kier molecular flexibility index (Phi) is 6.36. The number of hydrogen-bond acceptors (Lipinski definition) is 4. The molecular weight excluding hydrogens is 392 g/mol. The molecule has 0 aliphatic heterocycles. The van der Waals surface area contributed by atoms with Crippen molar-refractivity contribution in [2.24, 2.45) is 0 Å². The molecule has 0 aliphatic carbocycles. The molecule has 0 aromatic heterocycles. The van der Waals surface area contributed by atoms with E-state index in [1.165, 1.54) is 14.2 Å². The van der Waals surface area contributed by atoms with Gasteiger partial charge >= 0.3 is 0 Å². The van der Waals surface area contributed by atoms with Crippen LogP contribution in [0.15, 0.2) is 66.7 Å². The van der Waals surface area contributed by atoms with Crippen LogP contribution in [0.25, 0.3) is 0 Å². The van der Waals surface area contributed by atoms with E-state index in [1.54, 1.807) is 60.7 Å². The zero-order valence-corrected chi connectivity index (χ0v) is 16.6. The lowest BCUT2D eigenvalue weighted by atomic mass is 10.1. The van der Waals surface area contributed by atoms with Gasteiger partial charge in [-0.1, -0.05) is 29.8 Å². The number of halogens is 1. The molecule has 7 heteroatoms. The monoisotopic (exact) mass is 410 g/mol. The number of ether oxygens (including phenoxy) is 2. The van der Waals surface area contributed by atoms with E-state index >= 15 is 0 Å². The number of rotatable bonds is 6. The molecule has 6 nitrogen and oxygen atoms in total. The number of hydrogen-bond donors (Lipinski definition) is 2. The van der Waals surface area contributed by atoms with Crippen molar-refractivity contribution >= 4 is 34.8 Å². The van der Waals surface area contributed by atoms with E-state index in [0.717, 1.165) is 0 Å². The quantitative estimate of drug-likeness (QED) is 0.608. The van der Waals surface area contributed by atoms with Gasteiger partial charge in [-0.05, 0) is 42.5 Å². The van der Waals surface area contributed by atoms with Gasteiger partial charge in [-0.25, -0.2) is 0 Å². The summed E-state index contributed by atoms with van der Waals surface area (Å²) in [6, 6.07) is 18.6. The van der Waals surface area contributed by atoms with Crippen LogP contribution in [0.5, 0.6) is 11.5 Å². The zero-order chi connectivity index (χ0) is 20.8. The summed E-state index contributed by atoms with van der Waals surface area (Å²) in [5.74, 6) is 0.394. The Bertz CT molecular complexity index is 1020. The summed E-state index contributed by atoms with van der Waals surface area (Å²) in [7, 11) is 3.03. The van der Waals surface area contributed by atoms with Crippen LogP contribution in [0.2, 0.25) is 5.02 Å². The number of methoxy groups -OCH3 is 2. The maximum atomic E-state index is 12.6. The second-order valence-electron chi connectivity index (χ2n) is 6.07. The van der Waals surface area contributed by atoms with Crippen LogP contribution in [-0.2, 0) is 0 Å². The van der Waals surface area contributed by atoms with E-state index in [2.05, 4.69) is 10.6 Å². The molecule has 0 aliphatic rings. The molecule has 0 spiro atoms. The normalized spacial score (nSPS) is 10.2. The van der Waals surface area contributed by atoms with E-state index in [0.29, 0.717) is 39.0 Å². The van der Waals surface area contributed by atoms with Gasteiger partial charge in [0.1, 0.15) is 11.5 Å². The minimum Gasteiger partial charge on any atom is -0.497 e. The minimum absolute atomic E-state index is 0.271. The molecule has 0 heterocycles. The highest BCUT2D eigenvalue weighted by Crippen LogP contribution is 2.27. The Morgan fingerprint density at radius 1 is 0.759 bits per heavy atom. The van der Waals surface area contributed by atoms with Gasteiger partial charge in [0.2, 0.25) is 0 Å². The highest BCUT2D eigenvalue weighted by Gasteiger charge is 2.12. The molecule has 2 N–H and O–H groups in total. The first-order chi connectivity index (χ1) is 14.0. The summed E-state index contributed by atoms with van der Waals surface area (Å²) in [5, 5.41) is 5.82. The number of carbonyl (C=O) groups excluding carboxylic acids is 2. The van der Waals surface area contributed by atoms with Crippen molar-refractivity contribution in [3.05, 3.63) is 82.9 Å². The fraction of sp³-hybridized carbons (Fsp3) is 0.0909. The Morgan fingerprint density at radius 2 is 1.38 bits per heavy atom. The summed E-state index contributed by atoms with van der Waals surface area (Å²) in [6.07, 6.45) is 0. The van der Waals surface area contributed by atoms with Crippen LogP contribution >= 0.6 is 11.6 Å². The van der Waals surface area contributed by atoms with Crippen LogP contribution in [-0.4, -0.2) is 26.0 Å².